The Labute approximate surface area is 120 Å². The topological polar surface area (TPSA) is 67.8 Å². The summed E-state index contributed by atoms with van der Waals surface area (Å²) < 4.78 is 5.66. The van der Waals surface area contributed by atoms with Gasteiger partial charge >= 0.3 is 0 Å². The summed E-state index contributed by atoms with van der Waals surface area (Å²) in [5.41, 5.74) is 6.05. The second kappa shape index (κ2) is 5.82. The van der Waals surface area contributed by atoms with Crippen LogP contribution in [0.25, 0.3) is 0 Å². The minimum absolute atomic E-state index is 0.0410. The Kier molecular flexibility index (Phi) is 4.14. The number of hydrogen-bond acceptors (Lipinski definition) is 3. The van der Waals surface area contributed by atoms with E-state index in [0.717, 1.165) is 0 Å². The van der Waals surface area contributed by atoms with Crippen molar-refractivity contribution >= 4 is 29.0 Å². The van der Waals surface area contributed by atoms with Gasteiger partial charge in [0.25, 0.3) is 0 Å². The molecule has 2 rings (SSSR count). The van der Waals surface area contributed by atoms with Crippen molar-refractivity contribution in [1.29, 1.82) is 0 Å². The highest BCUT2D eigenvalue weighted by Crippen LogP contribution is 2.32. The van der Waals surface area contributed by atoms with E-state index in [4.69, 9.17) is 38.9 Å². The van der Waals surface area contributed by atoms with Crippen molar-refractivity contribution in [1.82, 2.24) is 0 Å². The van der Waals surface area contributed by atoms with E-state index in [1.54, 1.807) is 42.5 Å². The zero-order valence-corrected chi connectivity index (χ0v) is 11.2. The predicted octanol–water partition coefficient (Wildman–Crippen LogP) is 3.88. The lowest BCUT2D eigenvalue weighted by Crippen LogP contribution is -2.14. The summed E-state index contributed by atoms with van der Waals surface area (Å²) in [6.45, 7) is 0. The first kappa shape index (κ1) is 13.5. The van der Waals surface area contributed by atoms with Crippen molar-refractivity contribution in [3.63, 3.8) is 0 Å². The number of benzene rings is 2. The standard InChI is InChI=1S/C13H10Cl2N2O2/c14-8-5-6-12(10(15)7-8)19-11-4-2-1-3-9(11)13(16)17-18/h1-7,18H,(H2,16,17). The summed E-state index contributed by atoms with van der Waals surface area (Å²) >= 11 is 11.8. The molecular formula is C13H10Cl2N2O2. The van der Waals surface area contributed by atoms with Gasteiger partial charge in [-0.15, -0.1) is 0 Å². The summed E-state index contributed by atoms with van der Waals surface area (Å²) in [4.78, 5) is 0. The van der Waals surface area contributed by atoms with Gasteiger partial charge in [0.1, 0.15) is 11.5 Å². The Balaban J connectivity index is 2.38. The Morgan fingerprint density at radius 2 is 1.84 bits per heavy atom. The fourth-order valence-electron chi connectivity index (χ4n) is 1.50. The number of nitrogens with two attached hydrogens (primary N) is 1. The highest BCUT2D eigenvalue weighted by Gasteiger charge is 2.10. The quantitative estimate of drug-likeness (QED) is 0.391. The smallest absolute Gasteiger partial charge is 0.173 e. The van der Waals surface area contributed by atoms with Gasteiger partial charge < -0.3 is 15.7 Å². The molecule has 0 spiro atoms. The third-order valence-corrected chi connectivity index (χ3v) is 2.92. The first-order chi connectivity index (χ1) is 9.11. The molecule has 0 atom stereocenters. The second-order valence-corrected chi connectivity index (χ2v) is 4.50. The molecular weight excluding hydrogens is 287 g/mol. The van der Waals surface area contributed by atoms with E-state index in [9.17, 15) is 0 Å². The number of nitrogens with zero attached hydrogens (tertiary/aromatic N) is 1. The van der Waals surface area contributed by atoms with E-state index >= 15 is 0 Å². The molecule has 4 nitrogen and oxygen atoms in total. The maximum absolute atomic E-state index is 8.73. The SMILES string of the molecule is N/C(=N\O)c1ccccc1Oc1ccc(Cl)cc1Cl. The van der Waals surface area contributed by atoms with Gasteiger partial charge in [-0.25, -0.2) is 0 Å². The van der Waals surface area contributed by atoms with Crippen LogP contribution in [0.3, 0.4) is 0 Å². The van der Waals surface area contributed by atoms with Crippen molar-refractivity contribution in [3.05, 3.63) is 58.1 Å². The van der Waals surface area contributed by atoms with Gasteiger partial charge in [0, 0.05) is 5.02 Å². The Morgan fingerprint density at radius 1 is 1.11 bits per heavy atom. The molecule has 0 radical (unpaired) electrons. The fourth-order valence-corrected chi connectivity index (χ4v) is 1.94. The summed E-state index contributed by atoms with van der Waals surface area (Å²) in [5.74, 6) is 0.826. The van der Waals surface area contributed by atoms with Crippen molar-refractivity contribution < 1.29 is 9.94 Å². The third-order valence-electron chi connectivity index (χ3n) is 2.38. The van der Waals surface area contributed by atoms with E-state index in [-0.39, 0.29) is 5.84 Å². The molecule has 0 saturated carbocycles. The Morgan fingerprint density at radius 3 is 2.53 bits per heavy atom. The number of halogens is 2. The maximum Gasteiger partial charge on any atom is 0.173 e. The number of rotatable bonds is 3. The number of hydrogen-bond donors (Lipinski definition) is 2. The van der Waals surface area contributed by atoms with Crippen LogP contribution in [0.15, 0.2) is 47.6 Å². The molecule has 0 aromatic heterocycles. The van der Waals surface area contributed by atoms with E-state index in [1.165, 1.54) is 0 Å². The van der Waals surface area contributed by atoms with Crippen LogP contribution in [0.4, 0.5) is 0 Å². The summed E-state index contributed by atoms with van der Waals surface area (Å²) in [7, 11) is 0. The normalized spacial score (nSPS) is 11.4. The zero-order chi connectivity index (χ0) is 13.8. The minimum Gasteiger partial charge on any atom is -0.455 e. The lowest BCUT2D eigenvalue weighted by Gasteiger charge is -2.11. The van der Waals surface area contributed by atoms with Gasteiger partial charge in [0.05, 0.1) is 10.6 Å². The average molecular weight is 297 g/mol. The lowest BCUT2D eigenvalue weighted by molar-refractivity contribution is 0.318. The molecule has 19 heavy (non-hydrogen) atoms. The van der Waals surface area contributed by atoms with Crippen molar-refractivity contribution in [2.45, 2.75) is 0 Å². The van der Waals surface area contributed by atoms with Gasteiger partial charge in [-0.3, -0.25) is 0 Å². The predicted molar refractivity (Wildman–Crippen MR) is 75.5 cm³/mol. The molecule has 0 heterocycles. The second-order valence-electron chi connectivity index (χ2n) is 3.66. The van der Waals surface area contributed by atoms with Crippen LogP contribution in [0.2, 0.25) is 10.0 Å². The maximum atomic E-state index is 8.73. The molecule has 3 N–H and O–H groups in total. The van der Waals surface area contributed by atoms with Crippen molar-refractivity contribution in [3.8, 4) is 11.5 Å². The first-order valence-electron chi connectivity index (χ1n) is 5.31. The van der Waals surface area contributed by atoms with Gasteiger partial charge in [-0.05, 0) is 30.3 Å². The fraction of sp³-hybridized carbons (Fsp3) is 0. The molecule has 0 aliphatic rings. The highest BCUT2D eigenvalue weighted by molar-refractivity contribution is 6.35. The molecule has 0 aliphatic heterocycles. The van der Waals surface area contributed by atoms with Crippen molar-refractivity contribution in [2.24, 2.45) is 10.9 Å². The number of ether oxygens (including phenoxy) is 1. The zero-order valence-electron chi connectivity index (χ0n) is 9.68. The van der Waals surface area contributed by atoms with E-state index in [2.05, 4.69) is 5.16 Å². The molecule has 0 aliphatic carbocycles. The van der Waals surface area contributed by atoms with Gasteiger partial charge in [0.2, 0.25) is 0 Å². The van der Waals surface area contributed by atoms with Crippen molar-refractivity contribution in [2.75, 3.05) is 0 Å². The summed E-state index contributed by atoms with van der Waals surface area (Å²) in [5, 5.41) is 12.6. The van der Waals surface area contributed by atoms with E-state index in [1.807, 2.05) is 0 Å². The lowest BCUT2D eigenvalue weighted by atomic mass is 10.2. The molecule has 0 amide bonds. The van der Waals surface area contributed by atoms with Gasteiger partial charge in [-0.2, -0.15) is 0 Å². The van der Waals surface area contributed by atoms with Crippen LogP contribution >= 0.6 is 23.2 Å². The van der Waals surface area contributed by atoms with E-state index < -0.39 is 0 Å². The first-order valence-corrected chi connectivity index (χ1v) is 6.07. The summed E-state index contributed by atoms with van der Waals surface area (Å²) in [6.07, 6.45) is 0. The number of amidine groups is 1. The van der Waals surface area contributed by atoms with Crippen LogP contribution in [0.1, 0.15) is 5.56 Å². The average Bonchev–Trinajstić information content (AvgIpc) is 2.41. The molecule has 98 valence electrons. The van der Waals surface area contributed by atoms with Crippen LogP contribution in [0, 0.1) is 0 Å². The van der Waals surface area contributed by atoms with Crippen LogP contribution in [0.5, 0.6) is 11.5 Å². The third kappa shape index (κ3) is 3.10. The van der Waals surface area contributed by atoms with Gasteiger partial charge in [-0.1, -0.05) is 40.5 Å². The number of oxime groups is 1. The molecule has 2 aromatic carbocycles. The van der Waals surface area contributed by atoms with Crippen LogP contribution < -0.4 is 10.5 Å². The molecule has 6 heteroatoms. The molecule has 0 fully saturated rings. The largest absolute Gasteiger partial charge is 0.455 e. The van der Waals surface area contributed by atoms with Gasteiger partial charge in [0.15, 0.2) is 5.84 Å². The Hall–Kier alpha value is -1.91. The molecule has 0 bridgehead atoms. The monoisotopic (exact) mass is 296 g/mol. The minimum atomic E-state index is -0.0410. The van der Waals surface area contributed by atoms with Crippen LogP contribution in [-0.4, -0.2) is 11.0 Å². The molecule has 0 unspecified atom stereocenters. The number of para-hydroxylation sites is 1. The molecule has 2 aromatic rings. The van der Waals surface area contributed by atoms with E-state index in [0.29, 0.717) is 27.1 Å². The highest BCUT2D eigenvalue weighted by atomic mass is 35.5. The molecule has 0 saturated heterocycles. The van der Waals surface area contributed by atoms with Crippen LogP contribution in [-0.2, 0) is 0 Å². The Bertz CT molecular complexity index is 630. The summed E-state index contributed by atoms with van der Waals surface area (Å²) in [6, 6.07) is 11.8.